The van der Waals surface area contributed by atoms with Gasteiger partial charge in [0.25, 0.3) is 0 Å². The third-order valence-electron chi connectivity index (χ3n) is 2.39. The second kappa shape index (κ2) is 7.20. The van der Waals surface area contributed by atoms with Crippen LogP contribution in [0.1, 0.15) is 48.5 Å². The molecule has 0 saturated heterocycles. The molecule has 0 fully saturated rings. The Hall–Kier alpha value is -0.910. The van der Waals surface area contributed by atoms with E-state index in [2.05, 4.69) is 19.2 Å². The smallest absolute Gasteiger partial charge is 0.408 e. The monoisotopic (exact) mass is 305 g/mol. The SMILES string of the molecule is CC(C)CSC(C)(C)C(NC(=O)OC(C)(C)C)C(=O)O. The number of alkyl carbamates (subject to hydrolysis) is 1. The molecule has 6 heteroatoms. The number of carbonyl (C=O) groups is 2. The summed E-state index contributed by atoms with van der Waals surface area (Å²) < 4.78 is 4.50. The predicted molar refractivity (Wildman–Crippen MR) is 82.2 cm³/mol. The van der Waals surface area contributed by atoms with Crippen LogP contribution in [0.3, 0.4) is 0 Å². The molecule has 0 bridgehead atoms. The molecule has 118 valence electrons. The van der Waals surface area contributed by atoms with Crippen molar-refractivity contribution in [1.29, 1.82) is 0 Å². The summed E-state index contributed by atoms with van der Waals surface area (Å²) in [5, 5.41) is 11.8. The van der Waals surface area contributed by atoms with Gasteiger partial charge >= 0.3 is 12.1 Å². The fourth-order valence-electron chi connectivity index (χ4n) is 1.42. The number of rotatable bonds is 6. The molecule has 0 aromatic carbocycles. The topological polar surface area (TPSA) is 75.6 Å². The van der Waals surface area contributed by atoms with E-state index in [9.17, 15) is 14.7 Å². The molecule has 0 aromatic rings. The van der Waals surface area contributed by atoms with Gasteiger partial charge < -0.3 is 15.2 Å². The fraction of sp³-hybridized carbons (Fsp3) is 0.857. The lowest BCUT2D eigenvalue weighted by Crippen LogP contribution is -2.53. The van der Waals surface area contributed by atoms with E-state index in [1.165, 1.54) is 11.8 Å². The maximum Gasteiger partial charge on any atom is 0.408 e. The summed E-state index contributed by atoms with van der Waals surface area (Å²) in [4.78, 5) is 23.2. The number of carbonyl (C=O) groups excluding carboxylic acids is 1. The molecule has 0 aliphatic rings. The van der Waals surface area contributed by atoms with Crippen molar-refractivity contribution in [3.05, 3.63) is 0 Å². The highest BCUT2D eigenvalue weighted by Crippen LogP contribution is 2.30. The quantitative estimate of drug-likeness (QED) is 0.788. The minimum atomic E-state index is -1.06. The highest BCUT2D eigenvalue weighted by molar-refractivity contribution is 8.00. The van der Waals surface area contributed by atoms with Crippen LogP contribution >= 0.6 is 11.8 Å². The van der Waals surface area contributed by atoms with Crippen molar-refractivity contribution in [2.24, 2.45) is 5.92 Å². The first-order valence-electron chi connectivity index (χ1n) is 6.71. The summed E-state index contributed by atoms with van der Waals surface area (Å²) in [6.45, 7) is 13.0. The molecule has 0 spiro atoms. The average Bonchev–Trinajstić information content (AvgIpc) is 2.20. The number of ether oxygens (including phenoxy) is 1. The van der Waals surface area contributed by atoms with Gasteiger partial charge in [-0.25, -0.2) is 9.59 Å². The van der Waals surface area contributed by atoms with Crippen LogP contribution in [-0.2, 0) is 9.53 Å². The summed E-state index contributed by atoms with van der Waals surface area (Å²) >= 11 is 1.53. The zero-order chi connectivity index (χ0) is 16.1. The van der Waals surface area contributed by atoms with Crippen LogP contribution < -0.4 is 5.32 Å². The van der Waals surface area contributed by atoms with E-state index < -0.39 is 28.5 Å². The van der Waals surface area contributed by atoms with Crippen LogP contribution in [0.4, 0.5) is 4.79 Å². The summed E-state index contributed by atoms with van der Waals surface area (Å²) in [5.74, 6) is 0.222. The van der Waals surface area contributed by atoms with E-state index in [0.717, 1.165) is 5.75 Å². The minimum absolute atomic E-state index is 0.454. The van der Waals surface area contributed by atoms with Gasteiger partial charge in [-0.15, -0.1) is 0 Å². The lowest BCUT2D eigenvalue weighted by molar-refractivity contribution is -0.140. The third-order valence-corrected chi connectivity index (χ3v) is 4.20. The number of thioether (sulfide) groups is 1. The molecular weight excluding hydrogens is 278 g/mol. The number of aliphatic carboxylic acids is 1. The molecule has 1 atom stereocenters. The molecular formula is C14H27NO4S. The van der Waals surface area contributed by atoms with E-state index in [1.807, 2.05) is 13.8 Å². The highest BCUT2D eigenvalue weighted by Gasteiger charge is 2.38. The van der Waals surface area contributed by atoms with Crippen LogP contribution in [0, 0.1) is 5.92 Å². The van der Waals surface area contributed by atoms with Crippen LogP contribution in [0.25, 0.3) is 0 Å². The first kappa shape index (κ1) is 19.1. The van der Waals surface area contributed by atoms with E-state index in [1.54, 1.807) is 20.8 Å². The second-order valence-corrected chi connectivity index (χ2v) is 8.40. The molecule has 0 aliphatic carbocycles. The van der Waals surface area contributed by atoms with Gasteiger partial charge in [0.1, 0.15) is 11.6 Å². The molecule has 0 saturated carbocycles. The van der Waals surface area contributed by atoms with Crippen molar-refractivity contribution in [3.8, 4) is 0 Å². The van der Waals surface area contributed by atoms with Crippen molar-refractivity contribution in [2.45, 2.75) is 64.9 Å². The normalized spacial score (nSPS) is 14.0. The number of carboxylic acid groups (broad SMARTS) is 1. The Kier molecular flexibility index (Phi) is 6.87. The van der Waals surface area contributed by atoms with Crippen LogP contribution in [0.15, 0.2) is 0 Å². The Morgan fingerprint density at radius 1 is 1.20 bits per heavy atom. The molecule has 0 aliphatic heterocycles. The predicted octanol–water partition coefficient (Wildman–Crippen LogP) is 3.13. The van der Waals surface area contributed by atoms with Gasteiger partial charge in [0.15, 0.2) is 0 Å². The molecule has 5 nitrogen and oxygen atoms in total. The van der Waals surface area contributed by atoms with Gasteiger partial charge in [0.05, 0.1) is 0 Å². The number of nitrogens with one attached hydrogen (secondary N) is 1. The van der Waals surface area contributed by atoms with E-state index >= 15 is 0 Å². The third kappa shape index (κ3) is 7.62. The van der Waals surface area contributed by atoms with Crippen molar-refractivity contribution in [1.82, 2.24) is 5.32 Å². The zero-order valence-corrected chi connectivity index (χ0v) is 14.3. The molecule has 1 unspecified atom stereocenters. The number of hydrogen-bond donors (Lipinski definition) is 2. The molecule has 1 amide bonds. The number of carboxylic acids is 1. The van der Waals surface area contributed by atoms with Crippen LogP contribution in [-0.4, -0.2) is 39.3 Å². The molecule has 2 N–H and O–H groups in total. The standard InChI is InChI=1S/C14H27NO4S/c1-9(2)8-20-14(6,7)10(11(16)17)15-12(18)19-13(3,4)5/h9-10H,8H2,1-7H3,(H,15,18)(H,16,17). The van der Waals surface area contributed by atoms with E-state index in [0.29, 0.717) is 5.92 Å². The molecule has 20 heavy (non-hydrogen) atoms. The first-order chi connectivity index (χ1) is 8.85. The van der Waals surface area contributed by atoms with E-state index in [-0.39, 0.29) is 0 Å². The molecule has 0 radical (unpaired) electrons. The lowest BCUT2D eigenvalue weighted by Gasteiger charge is -2.32. The van der Waals surface area contributed by atoms with Crippen LogP contribution in [0.2, 0.25) is 0 Å². The van der Waals surface area contributed by atoms with Gasteiger partial charge in [-0.1, -0.05) is 13.8 Å². The van der Waals surface area contributed by atoms with Crippen LogP contribution in [0.5, 0.6) is 0 Å². The first-order valence-corrected chi connectivity index (χ1v) is 7.70. The lowest BCUT2D eigenvalue weighted by atomic mass is 10.0. The summed E-state index contributed by atoms with van der Waals surface area (Å²) in [6.07, 6.45) is -0.705. The van der Waals surface area contributed by atoms with E-state index in [4.69, 9.17) is 4.74 Å². The number of amides is 1. The second-order valence-electron chi connectivity index (χ2n) is 6.73. The highest BCUT2D eigenvalue weighted by atomic mass is 32.2. The average molecular weight is 305 g/mol. The fourth-order valence-corrected chi connectivity index (χ4v) is 2.51. The molecule has 0 aromatic heterocycles. The van der Waals surface area contributed by atoms with Crippen molar-refractivity contribution < 1.29 is 19.4 Å². The largest absolute Gasteiger partial charge is 0.480 e. The summed E-state index contributed by atoms with van der Waals surface area (Å²) in [7, 11) is 0. The van der Waals surface area contributed by atoms with Crippen molar-refractivity contribution in [2.75, 3.05) is 5.75 Å². The van der Waals surface area contributed by atoms with Gasteiger partial charge in [-0.3, -0.25) is 0 Å². The number of hydrogen-bond acceptors (Lipinski definition) is 4. The Labute approximate surface area is 125 Å². The zero-order valence-electron chi connectivity index (χ0n) is 13.4. The Balaban J connectivity index is 4.80. The van der Waals surface area contributed by atoms with Gasteiger partial charge in [-0.2, -0.15) is 11.8 Å². The Bertz CT molecular complexity index is 348. The van der Waals surface area contributed by atoms with Gasteiger partial charge in [0, 0.05) is 4.75 Å². The van der Waals surface area contributed by atoms with Gasteiger partial charge in [-0.05, 0) is 46.3 Å². The van der Waals surface area contributed by atoms with Crippen molar-refractivity contribution >= 4 is 23.8 Å². The Morgan fingerprint density at radius 2 is 1.70 bits per heavy atom. The maximum absolute atomic E-state index is 11.8. The molecule has 0 heterocycles. The molecule has 0 rings (SSSR count). The van der Waals surface area contributed by atoms with Crippen molar-refractivity contribution in [3.63, 3.8) is 0 Å². The van der Waals surface area contributed by atoms with Gasteiger partial charge in [0.2, 0.25) is 0 Å². The summed E-state index contributed by atoms with van der Waals surface area (Å²) in [6, 6.07) is -0.999. The Morgan fingerprint density at radius 3 is 2.05 bits per heavy atom. The maximum atomic E-state index is 11.8. The minimum Gasteiger partial charge on any atom is -0.480 e. The summed E-state index contributed by atoms with van der Waals surface area (Å²) in [5.41, 5.74) is -0.650.